The van der Waals surface area contributed by atoms with Gasteiger partial charge in [-0.05, 0) is 42.0 Å². The molecule has 0 aliphatic carbocycles. The Labute approximate surface area is 148 Å². The first kappa shape index (κ1) is 17.1. The molecule has 0 fully saturated rings. The number of halogens is 1. The van der Waals surface area contributed by atoms with Gasteiger partial charge in [0.1, 0.15) is 0 Å². The molecule has 1 aliphatic rings. The minimum Gasteiger partial charge on any atom is -0.321 e. The van der Waals surface area contributed by atoms with E-state index in [1.165, 1.54) is 14.2 Å². The van der Waals surface area contributed by atoms with Gasteiger partial charge >= 0.3 is 7.60 Å². The number of carbonyl (C=O) groups excluding carboxylic acids is 1. The second kappa shape index (κ2) is 6.65. The zero-order valence-corrected chi connectivity index (χ0v) is 15.6. The van der Waals surface area contributed by atoms with Crippen molar-refractivity contribution in [1.29, 1.82) is 0 Å². The maximum atomic E-state index is 12.5. The fourth-order valence-electron chi connectivity index (χ4n) is 2.54. The van der Waals surface area contributed by atoms with Crippen molar-refractivity contribution in [2.45, 2.75) is 0 Å². The summed E-state index contributed by atoms with van der Waals surface area (Å²) in [6.07, 6.45) is 1.76. The van der Waals surface area contributed by atoms with E-state index in [9.17, 15) is 9.36 Å². The lowest BCUT2D eigenvalue weighted by atomic mass is 10.0. The summed E-state index contributed by atoms with van der Waals surface area (Å²) in [7, 11) is -0.650. The first-order valence-corrected chi connectivity index (χ1v) is 9.45. The molecule has 0 radical (unpaired) electrons. The van der Waals surface area contributed by atoms with Gasteiger partial charge < -0.3 is 14.4 Å². The van der Waals surface area contributed by atoms with Crippen molar-refractivity contribution in [3.8, 4) is 0 Å². The Morgan fingerprint density at radius 1 is 1.12 bits per heavy atom. The minimum absolute atomic E-state index is 0.171. The highest BCUT2D eigenvalue weighted by Crippen LogP contribution is 2.45. The van der Waals surface area contributed by atoms with Gasteiger partial charge in [0.25, 0.3) is 5.91 Å². The maximum Gasteiger partial charge on any atom is 0.360 e. The van der Waals surface area contributed by atoms with Crippen molar-refractivity contribution in [3.05, 3.63) is 58.1 Å². The number of amides is 1. The van der Waals surface area contributed by atoms with E-state index < -0.39 is 7.60 Å². The van der Waals surface area contributed by atoms with E-state index in [1.54, 1.807) is 24.3 Å². The van der Waals surface area contributed by atoms with Crippen molar-refractivity contribution in [1.82, 2.24) is 0 Å². The van der Waals surface area contributed by atoms with Crippen LogP contribution in [-0.2, 0) is 18.4 Å². The molecule has 0 saturated heterocycles. The van der Waals surface area contributed by atoms with E-state index in [2.05, 4.69) is 21.2 Å². The molecule has 0 bridgehead atoms. The summed E-state index contributed by atoms with van der Waals surface area (Å²) >= 11 is 3.42. The predicted octanol–water partition coefficient (Wildman–Crippen LogP) is 4.05. The Hall–Kier alpha value is -1.72. The summed E-state index contributed by atoms with van der Waals surface area (Å²) < 4.78 is 23.4. The molecule has 1 heterocycles. The molecule has 2 aromatic rings. The van der Waals surface area contributed by atoms with Gasteiger partial charge in [0, 0.05) is 35.5 Å². The topological polar surface area (TPSA) is 64.6 Å². The summed E-state index contributed by atoms with van der Waals surface area (Å²) in [6.45, 7) is 0. The predicted molar refractivity (Wildman–Crippen MR) is 98.3 cm³/mol. The van der Waals surface area contributed by atoms with Crippen molar-refractivity contribution in [2.75, 3.05) is 19.5 Å². The average molecular weight is 408 g/mol. The molecular formula is C17H15BrNO4P. The van der Waals surface area contributed by atoms with E-state index in [0.717, 1.165) is 21.3 Å². The van der Waals surface area contributed by atoms with Gasteiger partial charge in [0.05, 0.1) is 5.30 Å². The monoisotopic (exact) mass is 407 g/mol. The second-order valence-corrected chi connectivity index (χ2v) is 8.32. The highest BCUT2D eigenvalue weighted by atomic mass is 79.9. The van der Waals surface area contributed by atoms with Gasteiger partial charge in [-0.1, -0.05) is 28.1 Å². The summed E-state index contributed by atoms with van der Waals surface area (Å²) in [5.74, 6) is -0.171. The van der Waals surface area contributed by atoms with Crippen molar-refractivity contribution in [2.24, 2.45) is 0 Å². The third-order valence-corrected chi connectivity index (χ3v) is 6.11. The molecule has 1 amide bonds. The van der Waals surface area contributed by atoms with Gasteiger partial charge in [0.15, 0.2) is 0 Å². The zero-order chi connectivity index (χ0) is 17.3. The summed E-state index contributed by atoms with van der Waals surface area (Å²) in [6, 6.07) is 12.6. The van der Waals surface area contributed by atoms with Crippen molar-refractivity contribution < 1.29 is 18.4 Å². The van der Waals surface area contributed by atoms with Crippen LogP contribution in [0.3, 0.4) is 0 Å². The Kier molecular flexibility index (Phi) is 4.74. The highest BCUT2D eigenvalue weighted by molar-refractivity contribution is 9.10. The lowest BCUT2D eigenvalue weighted by Crippen LogP contribution is -2.08. The molecule has 2 aromatic carbocycles. The molecule has 0 saturated carbocycles. The van der Waals surface area contributed by atoms with Crippen LogP contribution in [0, 0.1) is 0 Å². The quantitative estimate of drug-likeness (QED) is 0.613. The van der Waals surface area contributed by atoms with E-state index >= 15 is 0 Å². The fraction of sp³-hybridized carbons (Fsp3) is 0.118. The molecule has 1 N–H and O–H groups in total. The molecule has 0 spiro atoms. The molecule has 0 aromatic heterocycles. The number of fused-ring (bicyclic) bond motifs is 1. The first-order chi connectivity index (χ1) is 11.5. The van der Waals surface area contributed by atoms with E-state index in [-0.39, 0.29) is 5.91 Å². The summed E-state index contributed by atoms with van der Waals surface area (Å²) in [4.78, 5) is 12.2. The van der Waals surface area contributed by atoms with Gasteiger partial charge in [-0.3, -0.25) is 9.36 Å². The zero-order valence-electron chi connectivity index (χ0n) is 13.1. The SMILES string of the molecule is COP(=O)(OC)c1cccc(/C=C2\C(=O)Nc3ccc(Br)cc32)c1. The number of anilines is 1. The van der Waals surface area contributed by atoms with E-state index in [0.29, 0.717) is 10.9 Å². The van der Waals surface area contributed by atoms with Crippen LogP contribution < -0.4 is 10.6 Å². The van der Waals surface area contributed by atoms with Crippen LogP contribution >= 0.6 is 23.5 Å². The normalized spacial score (nSPS) is 15.5. The molecule has 124 valence electrons. The third-order valence-electron chi connectivity index (χ3n) is 3.74. The van der Waals surface area contributed by atoms with E-state index in [1.807, 2.05) is 24.3 Å². The number of hydrogen-bond donors (Lipinski definition) is 1. The lowest BCUT2D eigenvalue weighted by Gasteiger charge is -2.14. The van der Waals surface area contributed by atoms with Gasteiger partial charge in [0.2, 0.25) is 0 Å². The third kappa shape index (κ3) is 3.10. The molecule has 0 atom stereocenters. The number of hydrogen-bond acceptors (Lipinski definition) is 4. The van der Waals surface area contributed by atoms with Gasteiger partial charge in [-0.15, -0.1) is 0 Å². The standard InChI is InChI=1S/C17H15BrNO4P/c1-22-24(21,23-2)13-5-3-4-11(8-13)9-15-14-10-12(18)6-7-16(14)19-17(15)20/h3-10H,1-2H3,(H,19,20)/b15-9-. The average Bonchev–Trinajstić information content (AvgIpc) is 2.90. The molecule has 1 aliphatic heterocycles. The van der Waals surface area contributed by atoms with Gasteiger partial charge in [-0.2, -0.15) is 0 Å². The summed E-state index contributed by atoms with van der Waals surface area (Å²) in [5.41, 5.74) is 2.87. The van der Waals surface area contributed by atoms with E-state index in [4.69, 9.17) is 9.05 Å². The molecule has 7 heteroatoms. The first-order valence-electron chi connectivity index (χ1n) is 7.12. The Morgan fingerprint density at radius 3 is 2.58 bits per heavy atom. The molecule has 0 unspecified atom stereocenters. The van der Waals surface area contributed by atoms with Gasteiger partial charge in [-0.25, -0.2) is 0 Å². The largest absolute Gasteiger partial charge is 0.360 e. The Morgan fingerprint density at radius 2 is 1.88 bits per heavy atom. The molecule has 5 nitrogen and oxygen atoms in total. The van der Waals surface area contributed by atoms with Crippen LogP contribution in [0.2, 0.25) is 0 Å². The summed E-state index contributed by atoms with van der Waals surface area (Å²) in [5, 5.41) is 3.27. The number of benzene rings is 2. The number of nitrogens with one attached hydrogen (secondary N) is 1. The minimum atomic E-state index is -3.33. The molecule has 24 heavy (non-hydrogen) atoms. The molecule has 3 rings (SSSR count). The van der Waals surface area contributed by atoms with Crippen LogP contribution in [0.25, 0.3) is 11.6 Å². The van der Waals surface area contributed by atoms with Crippen LogP contribution in [0.15, 0.2) is 46.9 Å². The number of rotatable bonds is 4. The Balaban J connectivity index is 2.06. The Bertz CT molecular complexity index is 886. The molecular weight excluding hydrogens is 393 g/mol. The van der Waals surface area contributed by atoms with Crippen LogP contribution in [0.1, 0.15) is 11.1 Å². The smallest absolute Gasteiger partial charge is 0.321 e. The highest BCUT2D eigenvalue weighted by Gasteiger charge is 2.26. The van der Waals surface area contributed by atoms with Crippen LogP contribution in [0.4, 0.5) is 5.69 Å². The second-order valence-electron chi connectivity index (χ2n) is 5.16. The van der Waals surface area contributed by atoms with Crippen LogP contribution in [0.5, 0.6) is 0 Å². The maximum absolute atomic E-state index is 12.5. The van der Waals surface area contributed by atoms with Crippen molar-refractivity contribution >= 4 is 52.1 Å². The fourth-order valence-corrected chi connectivity index (χ4v) is 4.05. The van der Waals surface area contributed by atoms with Crippen molar-refractivity contribution in [3.63, 3.8) is 0 Å². The van der Waals surface area contributed by atoms with Crippen LogP contribution in [-0.4, -0.2) is 20.1 Å². The number of carbonyl (C=O) groups is 1. The lowest BCUT2D eigenvalue weighted by molar-refractivity contribution is -0.110.